The molecule has 2 heterocycles. The van der Waals surface area contributed by atoms with Crippen molar-refractivity contribution in [1.82, 2.24) is 15.2 Å². The summed E-state index contributed by atoms with van der Waals surface area (Å²) in [5.74, 6) is 0.490. The van der Waals surface area contributed by atoms with Crippen LogP contribution < -0.4 is 10.2 Å². The molecule has 0 bridgehead atoms. The first-order chi connectivity index (χ1) is 15.8. The number of fused-ring (bicyclic) bond motifs is 1. The zero-order valence-electron chi connectivity index (χ0n) is 20.3. The van der Waals surface area contributed by atoms with Gasteiger partial charge in [-0.05, 0) is 73.9 Å². The molecule has 1 N–H and O–H groups in total. The fraction of sp³-hybridized carbons (Fsp3) is 0.519. The van der Waals surface area contributed by atoms with Gasteiger partial charge in [-0.2, -0.15) is 0 Å². The quantitative estimate of drug-likeness (QED) is 0.716. The van der Waals surface area contributed by atoms with Crippen LogP contribution in [0.25, 0.3) is 0 Å². The molecule has 33 heavy (non-hydrogen) atoms. The van der Waals surface area contributed by atoms with Crippen LogP contribution in [0.3, 0.4) is 0 Å². The smallest absolute Gasteiger partial charge is 0.253 e. The molecule has 2 aliphatic rings. The van der Waals surface area contributed by atoms with Crippen LogP contribution in [-0.2, 0) is 11.2 Å². The second kappa shape index (κ2) is 9.94. The summed E-state index contributed by atoms with van der Waals surface area (Å²) < 4.78 is 0. The number of pyridine rings is 1. The van der Waals surface area contributed by atoms with Crippen LogP contribution in [0, 0.1) is 12.8 Å². The van der Waals surface area contributed by atoms with Crippen molar-refractivity contribution in [2.75, 3.05) is 25.0 Å². The first-order valence-electron chi connectivity index (χ1n) is 12.2. The predicted octanol–water partition coefficient (Wildman–Crippen LogP) is 4.28. The number of anilines is 1. The molecule has 6 heteroatoms. The summed E-state index contributed by atoms with van der Waals surface area (Å²) in [4.78, 5) is 34.2. The lowest BCUT2D eigenvalue weighted by Crippen LogP contribution is -2.45. The Balaban J connectivity index is 1.39. The maximum Gasteiger partial charge on any atom is 0.253 e. The van der Waals surface area contributed by atoms with Crippen molar-refractivity contribution >= 4 is 17.5 Å². The highest BCUT2D eigenvalue weighted by Gasteiger charge is 2.29. The van der Waals surface area contributed by atoms with Crippen LogP contribution in [0.2, 0.25) is 0 Å². The molecule has 2 aromatic rings. The first-order valence-corrected chi connectivity index (χ1v) is 12.2. The van der Waals surface area contributed by atoms with Crippen molar-refractivity contribution in [2.45, 2.75) is 65.0 Å². The summed E-state index contributed by atoms with van der Waals surface area (Å²) in [6.45, 7) is 7.98. The molecule has 0 spiro atoms. The molecule has 6 nitrogen and oxygen atoms in total. The van der Waals surface area contributed by atoms with Gasteiger partial charge in [-0.15, -0.1) is 0 Å². The second-order valence-electron chi connectivity index (χ2n) is 9.96. The molecule has 0 radical (unpaired) electrons. The molecule has 4 rings (SSSR count). The van der Waals surface area contributed by atoms with E-state index in [1.54, 1.807) is 0 Å². The van der Waals surface area contributed by atoms with Crippen molar-refractivity contribution in [2.24, 2.45) is 5.92 Å². The van der Waals surface area contributed by atoms with E-state index < -0.39 is 0 Å². The number of nitrogens with zero attached hydrogens (tertiary/aromatic N) is 3. The third-order valence-corrected chi connectivity index (χ3v) is 6.98. The minimum Gasteiger partial charge on any atom is -0.371 e. The van der Waals surface area contributed by atoms with Crippen molar-refractivity contribution in [3.8, 4) is 0 Å². The molecule has 1 unspecified atom stereocenters. The van der Waals surface area contributed by atoms with Crippen LogP contribution in [0.15, 0.2) is 36.5 Å². The van der Waals surface area contributed by atoms with E-state index in [9.17, 15) is 9.59 Å². The summed E-state index contributed by atoms with van der Waals surface area (Å²) in [6.07, 6.45) is 6.13. The van der Waals surface area contributed by atoms with Crippen molar-refractivity contribution in [3.63, 3.8) is 0 Å². The number of carbonyl (C=O) groups is 2. The summed E-state index contributed by atoms with van der Waals surface area (Å²) in [5.41, 5.74) is 5.30. The lowest BCUT2D eigenvalue weighted by Gasteiger charge is -2.38. The molecule has 1 atom stereocenters. The van der Waals surface area contributed by atoms with E-state index >= 15 is 0 Å². The van der Waals surface area contributed by atoms with Crippen LogP contribution in [-0.4, -0.2) is 47.9 Å². The van der Waals surface area contributed by atoms with Crippen molar-refractivity contribution in [1.29, 1.82) is 0 Å². The van der Waals surface area contributed by atoms with Gasteiger partial charge in [-0.25, -0.2) is 0 Å². The number of aryl methyl sites for hydroxylation is 2. The van der Waals surface area contributed by atoms with Crippen molar-refractivity contribution in [3.05, 3.63) is 58.9 Å². The number of hydrogen-bond donors (Lipinski definition) is 1. The Labute approximate surface area is 197 Å². The van der Waals surface area contributed by atoms with Gasteiger partial charge in [-0.1, -0.05) is 19.9 Å². The number of rotatable bonds is 6. The lowest BCUT2D eigenvalue weighted by molar-refractivity contribution is -0.122. The van der Waals surface area contributed by atoms with Gasteiger partial charge in [-0.3, -0.25) is 14.6 Å². The molecule has 1 aromatic carbocycles. The van der Waals surface area contributed by atoms with Crippen LogP contribution in [0.1, 0.15) is 72.8 Å². The highest BCUT2D eigenvalue weighted by Crippen LogP contribution is 2.33. The SMILES string of the molecule is Cc1cc(N2CCC(N(C)C(=O)c3ccc4c(c3)C(NC(=O)CC(C)C)CC4)CC2)ccn1. The molecule has 0 saturated carbocycles. The number of carbonyl (C=O) groups excluding carboxylic acids is 2. The van der Waals surface area contributed by atoms with Crippen LogP contribution in [0.4, 0.5) is 5.69 Å². The third kappa shape index (κ3) is 5.37. The Morgan fingerprint density at radius 1 is 1.15 bits per heavy atom. The highest BCUT2D eigenvalue weighted by atomic mass is 16.2. The number of hydrogen-bond acceptors (Lipinski definition) is 4. The zero-order valence-corrected chi connectivity index (χ0v) is 20.3. The molecule has 2 amide bonds. The lowest BCUT2D eigenvalue weighted by atomic mass is 10.00. The minimum atomic E-state index is 0.0105. The van der Waals surface area contributed by atoms with Gasteiger partial charge >= 0.3 is 0 Å². The fourth-order valence-electron chi connectivity index (χ4n) is 5.12. The molecule has 1 aliphatic carbocycles. The van der Waals surface area contributed by atoms with E-state index in [-0.39, 0.29) is 23.9 Å². The second-order valence-corrected chi connectivity index (χ2v) is 9.96. The van der Waals surface area contributed by atoms with Gasteiger partial charge in [0.05, 0.1) is 6.04 Å². The van der Waals surface area contributed by atoms with Gasteiger partial charge in [0.15, 0.2) is 0 Å². The van der Waals surface area contributed by atoms with Crippen LogP contribution in [0.5, 0.6) is 0 Å². The largest absolute Gasteiger partial charge is 0.371 e. The number of piperidine rings is 1. The third-order valence-electron chi connectivity index (χ3n) is 6.98. The molecular formula is C27H36N4O2. The molecular weight excluding hydrogens is 412 g/mol. The Morgan fingerprint density at radius 2 is 1.91 bits per heavy atom. The van der Waals surface area contributed by atoms with Crippen LogP contribution >= 0.6 is 0 Å². The predicted molar refractivity (Wildman–Crippen MR) is 131 cm³/mol. The summed E-state index contributed by atoms with van der Waals surface area (Å²) >= 11 is 0. The van der Waals surface area contributed by atoms with E-state index in [4.69, 9.17) is 0 Å². The highest BCUT2D eigenvalue weighted by molar-refractivity contribution is 5.94. The Morgan fingerprint density at radius 3 is 2.61 bits per heavy atom. The Hall–Kier alpha value is -2.89. The van der Waals surface area contributed by atoms with E-state index in [2.05, 4.69) is 47.2 Å². The number of aromatic nitrogens is 1. The van der Waals surface area contributed by atoms with Gasteiger partial charge in [0.2, 0.25) is 5.91 Å². The zero-order chi connectivity index (χ0) is 23.5. The monoisotopic (exact) mass is 448 g/mol. The fourth-order valence-corrected chi connectivity index (χ4v) is 5.12. The normalized spacial score (nSPS) is 18.3. The first kappa shape index (κ1) is 23.3. The van der Waals surface area contributed by atoms with Crippen molar-refractivity contribution < 1.29 is 9.59 Å². The minimum absolute atomic E-state index is 0.0105. The maximum atomic E-state index is 13.3. The van der Waals surface area contributed by atoms with E-state index in [0.717, 1.165) is 50.0 Å². The average Bonchev–Trinajstić information content (AvgIpc) is 3.19. The molecule has 176 valence electrons. The van der Waals surface area contributed by atoms with E-state index in [0.29, 0.717) is 17.9 Å². The van der Waals surface area contributed by atoms with Gasteiger partial charge in [0.1, 0.15) is 0 Å². The molecule has 1 fully saturated rings. The van der Waals surface area contributed by atoms with Gasteiger partial charge in [0.25, 0.3) is 5.91 Å². The standard InChI is InChI=1S/C27H36N4O2/c1-18(2)15-26(32)29-25-8-7-20-5-6-21(17-24(20)25)27(33)30(4)22-10-13-31(14-11-22)23-9-12-28-19(3)16-23/h5-6,9,12,16-18,22,25H,7-8,10-11,13-15H2,1-4H3,(H,29,32). The molecule has 1 aromatic heterocycles. The Kier molecular flexibility index (Phi) is 7.01. The van der Waals surface area contributed by atoms with Gasteiger partial charge < -0.3 is 15.1 Å². The Bertz CT molecular complexity index is 1010. The topological polar surface area (TPSA) is 65.5 Å². The van der Waals surface area contributed by atoms with E-state index in [1.165, 1.54) is 11.3 Å². The number of amides is 2. The number of benzene rings is 1. The number of nitrogens with one attached hydrogen (secondary N) is 1. The maximum absolute atomic E-state index is 13.3. The summed E-state index contributed by atoms with van der Waals surface area (Å²) in [6, 6.07) is 10.4. The average molecular weight is 449 g/mol. The molecule has 1 aliphatic heterocycles. The van der Waals surface area contributed by atoms with E-state index in [1.807, 2.05) is 37.2 Å². The summed E-state index contributed by atoms with van der Waals surface area (Å²) in [5, 5.41) is 3.18. The summed E-state index contributed by atoms with van der Waals surface area (Å²) in [7, 11) is 1.92. The van der Waals surface area contributed by atoms with Gasteiger partial charge in [0, 0.05) is 55.7 Å². The molecule has 1 saturated heterocycles.